The number of anilines is 3. The second kappa shape index (κ2) is 9.26. The topological polar surface area (TPSA) is 75.2 Å². The molecule has 198 valence electrons. The summed E-state index contributed by atoms with van der Waals surface area (Å²) >= 11 is 0. The molecule has 11 heteroatoms. The minimum Gasteiger partial charge on any atom is -0.322 e. The van der Waals surface area contributed by atoms with Gasteiger partial charge in [-0.15, -0.1) is 0 Å². The Morgan fingerprint density at radius 1 is 0.974 bits per heavy atom. The molecule has 4 aromatic rings. The summed E-state index contributed by atoms with van der Waals surface area (Å²) in [4.78, 5) is 36.3. The number of hydrogen-bond acceptors (Lipinski definition) is 4. The number of halogens is 5. The molecule has 0 spiro atoms. The summed E-state index contributed by atoms with van der Waals surface area (Å²) in [5.74, 6) is -3.63. The smallest absolute Gasteiger partial charge is 0.322 e. The minimum atomic E-state index is -4.88. The fraction of sp³-hybridized carbons (Fsp3) is 0.143. The normalized spacial score (nSPS) is 14.3. The van der Waals surface area contributed by atoms with Crippen LogP contribution in [0, 0.1) is 11.6 Å². The van der Waals surface area contributed by atoms with E-state index in [9.17, 15) is 31.5 Å². The van der Waals surface area contributed by atoms with Gasteiger partial charge < -0.3 is 5.32 Å². The zero-order valence-electron chi connectivity index (χ0n) is 20.5. The van der Waals surface area contributed by atoms with Crippen LogP contribution in [0.4, 0.5) is 39.1 Å². The van der Waals surface area contributed by atoms with Gasteiger partial charge in [-0.05, 0) is 67.4 Å². The van der Waals surface area contributed by atoms with Crippen molar-refractivity contribution in [3.8, 4) is 11.1 Å². The zero-order chi connectivity index (χ0) is 28.1. The van der Waals surface area contributed by atoms with Crippen LogP contribution in [0.2, 0.25) is 0 Å². The van der Waals surface area contributed by atoms with Gasteiger partial charge in [0.2, 0.25) is 5.91 Å². The minimum absolute atomic E-state index is 0.221. The zero-order valence-corrected chi connectivity index (χ0v) is 20.5. The van der Waals surface area contributed by atoms with E-state index in [1.165, 1.54) is 23.4 Å². The Labute approximate surface area is 219 Å². The van der Waals surface area contributed by atoms with Gasteiger partial charge in [0.05, 0.1) is 28.4 Å². The highest BCUT2D eigenvalue weighted by Gasteiger charge is 2.47. The van der Waals surface area contributed by atoms with Crippen molar-refractivity contribution >= 4 is 29.0 Å². The van der Waals surface area contributed by atoms with Crippen molar-refractivity contribution < 1.29 is 31.5 Å². The summed E-state index contributed by atoms with van der Waals surface area (Å²) in [7, 11) is 0. The predicted octanol–water partition coefficient (Wildman–Crippen LogP) is 6.65. The highest BCUT2D eigenvalue weighted by Crippen LogP contribution is 2.48. The molecule has 0 radical (unpaired) electrons. The van der Waals surface area contributed by atoms with Gasteiger partial charge in [-0.1, -0.05) is 6.07 Å². The molecule has 3 heterocycles. The number of carbonyl (C=O) groups is 2. The molecule has 0 bridgehead atoms. The van der Waals surface area contributed by atoms with Crippen molar-refractivity contribution in [3.63, 3.8) is 0 Å². The number of pyridine rings is 2. The molecule has 5 rings (SSSR count). The van der Waals surface area contributed by atoms with Crippen LogP contribution in [0.1, 0.15) is 35.3 Å². The quantitative estimate of drug-likeness (QED) is 0.295. The Morgan fingerprint density at radius 2 is 1.74 bits per heavy atom. The molecular weight excluding hydrogens is 519 g/mol. The first-order chi connectivity index (χ1) is 18.4. The second-order valence-electron chi connectivity index (χ2n) is 9.38. The first-order valence-corrected chi connectivity index (χ1v) is 11.6. The van der Waals surface area contributed by atoms with E-state index in [2.05, 4.69) is 15.3 Å². The van der Waals surface area contributed by atoms with Crippen molar-refractivity contribution in [1.82, 2.24) is 9.97 Å². The molecule has 0 saturated heterocycles. The maximum atomic E-state index is 13.9. The SMILES string of the molecule is CC1(C)C(=O)N(c2cccnc2)c2nccc(-c3ccc(C(F)(F)F)c(C(=O)Nc4ccc(F)c(F)c4)c3)c21. The van der Waals surface area contributed by atoms with Gasteiger partial charge in [-0.3, -0.25) is 19.5 Å². The van der Waals surface area contributed by atoms with Crippen molar-refractivity contribution in [1.29, 1.82) is 0 Å². The third-order valence-electron chi connectivity index (χ3n) is 6.47. The molecule has 0 atom stereocenters. The second-order valence-corrected chi connectivity index (χ2v) is 9.38. The largest absolute Gasteiger partial charge is 0.417 e. The summed E-state index contributed by atoms with van der Waals surface area (Å²) in [6.07, 6.45) is -0.415. The molecule has 0 aliphatic carbocycles. The van der Waals surface area contributed by atoms with E-state index in [4.69, 9.17) is 0 Å². The van der Waals surface area contributed by atoms with Crippen LogP contribution < -0.4 is 10.2 Å². The van der Waals surface area contributed by atoms with Gasteiger partial charge in [0.1, 0.15) is 5.82 Å². The van der Waals surface area contributed by atoms with E-state index in [1.54, 1.807) is 38.2 Å². The lowest BCUT2D eigenvalue weighted by molar-refractivity contribution is -0.137. The van der Waals surface area contributed by atoms with Crippen molar-refractivity contribution in [3.05, 3.63) is 102 Å². The number of nitrogens with zero attached hydrogens (tertiary/aromatic N) is 3. The Kier molecular flexibility index (Phi) is 6.16. The van der Waals surface area contributed by atoms with E-state index >= 15 is 0 Å². The molecule has 2 amide bonds. The Morgan fingerprint density at radius 3 is 2.41 bits per heavy atom. The molecule has 1 N–H and O–H groups in total. The van der Waals surface area contributed by atoms with Crippen LogP contribution in [0.5, 0.6) is 0 Å². The molecule has 0 unspecified atom stereocenters. The average Bonchev–Trinajstić information content (AvgIpc) is 3.11. The van der Waals surface area contributed by atoms with Gasteiger partial charge in [-0.2, -0.15) is 13.2 Å². The van der Waals surface area contributed by atoms with Gasteiger partial charge in [-0.25, -0.2) is 13.8 Å². The number of carbonyl (C=O) groups excluding carboxylic acids is 2. The number of benzene rings is 2. The van der Waals surface area contributed by atoms with Gasteiger partial charge in [0.15, 0.2) is 11.6 Å². The summed E-state index contributed by atoms with van der Waals surface area (Å²) in [5, 5.41) is 2.19. The molecule has 0 saturated carbocycles. The standard InChI is InChI=1S/C28H19F5N4O2/c1-27(2)23-18(9-11-35-24(23)37(26(27)39)17-4-3-10-34-14-17)15-5-7-20(28(31,32)33)19(12-15)25(38)36-16-6-8-21(29)22(30)13-16/h3-14H,1-2H3,(H,36,38). The van der Waals surface area contributed by atoms with E-state index in [0.29, 0.717) is 28.7 Å². The molecule has 6 nitrogen and oxygen atoms in total. The summed E-state index contributed by atoms with van der Waals surface area (Å²) in [6, 6.07) is 10.4. The fourth-order valence-electron chi connectivity index (χ4n) is 4.60. The Hall–Kier alpha value is -4.67. The van der Waals surface area contributed by atoms with Crippen LogP contribution in [-0.2, 0) is 16.4 Å². The molecule has 1 aliphatic heterocycles. The first-order valence-electron chi connectivity index (χ1n) is 11.6. The number of aromatic nitrogens is 2. The number of alkyl halides is 3. The van der Waals surface area contributed by atoms with Gasteiger partial charge in [0, 0.05) is 29.7 Å². The number of rotatable bonds is 4. The first kappa shape index (κ1) is 26.0. The third kappa shape index (κ3) is 4.49. The lowest BCUT2D eigenvalue weighted by Crippen LogP contribution is -2.33. The highest BCUT2D eigenvalue weighted by molar-refractivity contribution is 6.13. The molecule has 2 aromatic heterocycles. The molecular formula is C28H19F5N4O2. The number of fused-ring (bicyclic) bond motifs is 1. The van der Waals surface area contributed by atoms with Crippen LogP contribution in [-0.4, -0.2) is 21.8 Å². The van der Waals surface area contributed by atoms with Crippen molar-refractivity contribution in [2.75, 3.05) is 10.2 Å². The maximum absolute atomic E-state index is 13.9. The third-order valence-corrected chi connectivity index (χ3v) is 6.47. The van der Waals surface area contributed by atoms with Gasteiger partial charge >= 0.3 is 6.18 Å². The van der Waals surface area contributed by atoms with Crippen LogP contribution >= 0.6 is 0 Å². The highest BCUT2D eigenvalue weighted by atomic mass is 19.4. The average molecular weight is 538 g/mol. The molecule has 0 fully saturated rings. The lowest BCUT2D eigenvalue weighted by Gasteiger charge is -2.20. The van der Waals surface area contributed by atoms with E-state index in [0.717, 1.165) is 24.3 Å². The fourth-order valence-corrected chi connectivity index (χ4v) is 4.60. The van der Waals surface area contributed by atoms with Crippen LogP contribution in [0.3, 0.4) is 0 Å². The molecule has 39 heavy (non-hydrogen) atoms. The van der Waals surface area contributed by atoms with E-state index in [1.807, 2.05) is 0 Å². The van der Waals surface area contributed by atoms with Crippen LogP contribution in [0.15, 0.2) is 73.2 Å². The Bertz CT molecular complexity index is 1620. The lowest BCUT2D eigenvalue weighted by atomic mass is 9.82. The maximum Gasteiger partial charge on any atom is 0.417 e. The molecule has 2 aromatic carbocycles. The molecule has 1 aliphatic rings. The van der Waals surface area contributed by atoms with E-state index in [-0.39, 0.29) is 17.2 Å². The van der Waals surface area contributed by atoms with Gasteiger partial charge in [0.25, 0.3) is 5.91 Å². The van der Waals surface area contributed by atoms with E-state index < -0.39 is 40.3 Å². The monoisotopic (exact) mass is 538 g/mol. The Balaban J connectivity index is 1.64. The predicted molar refractivity (Wildman–Crippen MR) is 133 cm³/mol. The number of hydrogen-bond donors (Lipinski definition) is 1. The number of nitrogens with one attached hydrogen (secondary N) is 1. The number of amides is 2. The van der Waals surface area contributed by atoms with Crippen LogP contribution in [0.25, 0.3) is 11.1 Å². The van der Waals surface area contributed by atoms with Crippen molar-refractivity contribution in [2.24, 2.45) is 0 Å². The van der Waals surface area contributed by atoms with Crippen molar-refractivity contribution in [2.45, 2.75) is 25.4 Å². The summed E-state index contributed by atoms with van der Waals surface area (Å²) in [5.41, 5.74) is -1.73. The summed E-state index contributed by atoms with van der Waals surface area (Å²) < 4.78 is 68.5. The summed E-state index contributed by atoms with van der Waals surface area (Å²) in [6.45, 7) is 3.35.